The van der Waals surface area contributed by atoms with Gasteiger partial charge in [0.05, 0.1) is 29.5 Å². The van der Waals surface area contributed by atoms with E-state index in [-0.39, 0.29) is 17.2 Å². The van der Waals surface area contributed by atoms with Gasteiger partial charge in [0.1, 0.15) is 5.75 Å². The summed E-state index contributed by atoms with van der Waals surface area (Å²) in [5.41, 5.74) is 2.14. The highest BCUT2D eigenvalue weighted by atomic mass is 32.2. The van der Waals surface area contributed by atoms with Gasteiger partial charge in [-0.3, -0.25) is 14.2 Å². The molecule has 3 rings (SSSR count). The Balaban J connectivity index is 1.80. The smallest absolute Gasteiger partial charge is 0.262 e. The number of nitrogens with zero attached hydrogens (tertiary/aromatic N) is 2. The second-order valence-corrected chi connectivity index (χ2v) is 7.70. The van der Waals surface area contributed by atoms with E-state index in [0.29, 0.717) is 47.1 Å². The zero-order valence-corrected chi connectivity index (χ0v) is 18.1. The summed E-state index contributed by atoms with van der Waals surface area (Å²) in [6, 6.07) is 12.8. The summed E-state index contributed by atoms with van der Waals surface area (Å²) >= 11 is 1.24. The third-order valence-electron chi connectivity index (χ3n) is 4.52. The number of rotatable bonds is 9. The predicted molar refractivity (Wildman–Crippen MR) is 120 cm³/mol. The Labute approximate surface area is 179 Å². The molecule has 1 N–H and O–H groups in total. The number of fused-ring (bicyclic) bond motifs is 1. The number of hydrogen-bond donors (Lipinski definition) is 1. The van der Waals surface area contributed by atoms with E-state index in [0.717, 1.165) is 5.56 Å². The molecule has 1 aromatic heterocycles. The van der Waals surface area contributed by atoms with Crippen LogP contribution in [0.15, 0.2) is 52.4 Å². The number of aromatic nitrogens is 2. The Hall–Kier alpha value is -2.84. The zero-order valence-electron chi connectivity index (χ0n) is 17.3. The lowest BCUT2D eigenvalue weighted by atomic mass is 10.2. The van der Waals surface area contributed by atoms with E-state index >= 15 is 0 Å². The highest BCUT2D eigenvalue weighted by molar-refractivity contribution is 7.99. The van der Waals surface area contributed by atoms with Gasteiger partial charge < -0.3 is 14.8 Å². The highest BCUT2D eigenvalue weighted by Crippen LogP contribution is 2.26. The summed E-state index contributed by atoms with van der Waals surface area (Å²) in [4.78, 5) is 30.1. The minimum atomic E-state index is -0.199. The molecule has 158 valence electrons. The third-order valence-corrected chi connectivity index (χ3v) is 5.49. The molecule has 7 nitrogen and oxygen atoms in total. The Morgan fingerprint density at radius 3 is 2.77 bits per heavy atom. The topological polar surface area (TPSA) is 82.4 Å². The molecule has 0 aliphatic carbocycles. The van der Waals surface area contributed by atoms with Crippen LogP contribution >= 0.6 is 11.8 Å². The van der Waals surface area contributed by atoms with Crippen LogP contribution in [0.25, 0.3) is 10.9 Å². The van der Waals surface area contributed by atoms with Gasteiger partial charge in [0.25, 0.3) is 5.56 Å². The van der Waals surface area contributed by atoms with E-state index in [1.165, 1.54) is 11.8 Å². The van der Waals surface area contributed by atoms with Crippen molar-refractivity contribution in [2.24, 2.45) is 0 Å². The van der Waals surface area contributed by atoms with Crippen LogP contribution in [0.1, 0.15) is 12.0 Å². The van der Waals surface area contributed by atoms with Crippen LogP contribution in [-0.2, 0) is 16.1 Å². The Morgan fingerprint density at radius 2 is 2.00 bits per heavy atom. The molecular weight excluding hydrogens is 402 g/mol. The van der Waals surface area contributed by atoms with Crippen LogP contribution in [0, 0.1) is 6.92 Å². The molecule has 8 heteroatoms. The van der Waals surface area contributed by atoms with E-state index in [9.17, 15) is 9.59 Å². The standard InChI is InChI=1S/C22H25N3O4S/c1-15-9-10-19(29-3)18(13-15)23-20(26)14-30-22-24-17-8-5-4-7-16(17)21(27)25(22)11-6-12-28-2/h4-5,7-10,13H,6,11-12,14H2,1-3H3,(H,23,26). The normalized spacial score (nSPS) is 10.9. The van der Waals surface area contributed by atoms with E-state index in [1.54, 1.807) is 30.9 Å². The molecule has 0 aliphatic rings. The first kappa shape index (κ1) is 21.9. The third kappa shape index (κ3) is 5.20. The van der Waals surface area contributed by atoms with Crippen molar-refractivity contribution in [2.45, 2.75) is 25.0 Å². The summed E-state index contributed by atoms with van der Waals surface area (Å²) in [6.45, 7) is 2.96. The summed E-state index contributed by atoms with van der Waals surface area (Å²) < 4.78 is 12.0. The van der Waals surface area contributed by atoms with Crippen LogP contribution in [-0.4, -0.2) is 42.0 Å². The first-order valence-electron chi connectivity index (χ1n) is 9.59. The maximum atomic E-state index is 13.0. The molecule has 0 fully saturated rings. The van der Waals surface area contributed by atoms with E-state index < -0.39 is 0 Å². The summed E-state index contributed by atoms with van der Waals surface area (Å²) in [5.74, 6) is 0.514. The minimum Gasteiger partial charge on any atom is -0.495 e. The fourth-order valence-electron chi connectivity index (χ4n) is 3.06. The van der Waals surface area contributed by atoms with Crippen LogP contribution in [0.2, 0.25) is 0 Å². The number of hydrogen-bond acceptors (Lipinski definition) is 6. The van der Waals surface area contributed by atoms with Gasteiger partial charge in [0.2, 0.25) is 5.91 Å². The lowest BCUT2D eigenvalue weighted by molar-refractivity contribution is -0.113. The molecule has 0 saturated heterocycles. The molecule has 0 atom stereocenters. The molecule has 0 bridgehead atoms. The number of amides is 1. The van der Waals surface area contributed by atoms with E-state index in [4.69, 9.17) is 9.47 Å². The van der Waals surface area contributed by atoms with Crippen molar-refractivity contribution >= 4 is 34.3 Å². The van der Waals surface area contributed by atoms with Gasteiger partial charge in [0, 0.05) is 20.3 Å². The maximum absolute atomic E-state index is 13.0. The molecule has 1 heterocycles. The van der Waals surface area contributed by atoms with Gasteiger partial charge in [0.15, 0.2) is 5.16 Å². The number of thioether (sulfide) groups is 1. The van der Waals surface area contributed by atoms with Crippen molar-refractivity contribution in [3.8, 4) is 5.75 Å². The molecule has 2 aromatic carbocycles. The predicted octanol–water partition coefficient (Wildman–Crippen LogP) is 3.48. The summed E-state index contributed by atoms with van der Waals surface area (Å²) in [7, 11) is 3.19. The monoisotopic (exact) mass is 427 g/mol. The van der Waals surface area contributed by atoms with Crippen LogP contribution in [0.4, 0.5) is 5.69 Å². The first-order valence-corrected chi connectivity index (χ1v) is 10.6. The number of methoxy groups -OCH3 is 2. The number of para-hydroxylation sites is 1. The number of aryl methyl sites for hydroxylation is 1. The number of carbonyl (C=O) groups excluding carboxylic acids is 1. The first-order chi connectivity index (χ1) is 14.5. The Morgan fingerprint density at radius 1 is 1.20 bits per heavy atom. The number of carbonyl (C=O) groups is 1. The number of anilines is 1. The van der Waals surface area contributed by atoms with Crippen LogP contribution < -0.4 is 15.6 Å². The van der Waals surface area contributed by atoms with Crippen molar-refractivity contribution in [3.63, 3.8) is 0 Å². The van der Waals surface area contributed by atoms with Crippen LogP contribution in [0.5, 0.6) is 5.75 Å². The van der Waals surface area contributed by atoms with E-state index in [1.807, 2.05) is 37.3 Å². The fraction of sp³-hybridized carbons (Fsp3) is 0.318. The molecule has 0 unspecified atom stereocenters. The quantitative estimate of drug-likeness (QED) is 0.320. The van der Waals surface area contributed by atoms with Gasteiger partial charge in [-0.2, -0.15) is 0 Å². The van der Waals surface area contributed by atoms with Gasteiger partial charge in [-0.15, -0.1) is 0 Å². The van der Waals surface area contributed by atoms with Crippen molar-refractivity contribution < 1.29 is 14.3 Å². The van der Waals surface area contributed by atoms with Crippen molar-refractivity contribution in [1.82, 2.24) is 9.55 Å². The van der Waals surface area contributed by atoms with Gasteiger partial charge in [-0.1, -0.05) is 30.0 Å². The molecule has 0 saturated carbocycles. The molecule has 1 amide bonds. The second-order valence-electron chi connectivity index (χ2n) is 6.76. The average molecular weight is 428 g/mol. The van der Waals surface area contributed by atoms with E-state index in [2.05, 4.69) is 10.3 Å². The second kappa shape index (κ2) is 10.3. The Kier molecular flexibility index (Phi) is 7.48. The number of nitrogens with one attached hydrogen (secondary N) is 1. The van der Waals surface area contributed by atoms with Crippen molar-refractivity contribution in [1.29, 1.82) is 0 Å². The summed E-state index contributed by atoms with van der Waals surface area (Å²) in [5, 5.41) is 3.95. The van der Waals surface area contributed by atoms with Gasteiger partial charge in [-0.05, 0) is 43.2 Å². The lowest BCUT2D eigenvalue weighted by Crippen LogP contribution is -2.25. The fourth-order valence-corrected chi connectivity index (χ4v) is 3.88. The minimum absolute atomic E-state index is 0.111. The number of benzene rings is 2. The number of ether oxygens (including phenoxy) is 2. The van der Waals surface area contributed by atoms with Gasteiger partial charge >= 0.3 is 0 Å². The summed E-state index contributed by atoms with van der Waals surface area (Å²) in [6.07, 6.45) is 0.677. The van der Waals surface area contributed by atoms with Gasteiger partial charge in [-0.25, -0.2) is 4.98 Å². The molecule has 0 aliphatic heterocycles. The zero-order chi connectivity index (χ0) is 21.5. The molecule has 30 heavy (non-hydrogen) atoms. The largest absolute Gasteiger partial charge is 0.495 e. The molecule has 3 aromatic rings. The molecular formula is C22H25N3O4S. The lowest BCUT2D eigenvalue weighted by Gasteiger charge is -2.14. The maximum Gasteiger partial charge on any atom is 0.262 e. The highest BCUT2D eigenvalue weighted by Gasteiger charge is 2.14. The Bertz CT molecular complexity index is 1100. The average Bonchev–Trinajstić information content (AvgIpc) is 2.74. The SMILES string of the molecule is COCCCn1c(SCC(=O)Nc2cc(C)ccc2OC)nc2ccccc2c1=O. The van der Waals surface area contributed by atoms with Crippen LogP contribution in [0.3, 0.4) is 0 Å². The molecule has 0 spiro atoms. The molecule has 0 radical (unpaired) electrons. The van der Waals surface area contributed by atoms with Crippen molar-refractivity contribution in [3.05, 3.63) is 58.4 Å². The van der Waals surface area contributed by atoms with Crippen molar-refractivity contribution in [2.75, 3.05) is 31.9 Å².